The molecule has 4 nitrogen and oxygen atoms in total. The minimum Gasteiger partial charge on any atom is -0.492 e. The first-order valence-corrected chi connectivity index (χ1v) is 8.93. The highest BCUT2D eigenvalue weighted by Crippen LogP contribution is 2.28. The average Bonchev–Trinajstić information content (AvgIpc) is 2.49. The summed E-state index contributed by atoms with van der Waals surface area (Å²) in [4.78, 5) is 0. The molecule has 2 N–H and O–H groups in total. The van der Waals surface area contributed by atoms with Gasteiger partial charge in [-0.15, -0.1) is 0 Å². The maximum absolute atomic E-state index is 11.5. The molecule has 0 spiro atoms. The number of nitrogens with two attached hydrogens (primary N) is 1. The van der Waals surface area contributed by atoms with Crippen LogP contribution in [0.2, 0.25) is 0 Å². The molecule has 0 amide bonds. The highest BCUT2D eigenvalue weighted by Gasteiger charge is 2.11. The lowest BCUT2D eigenvalue weighted by Gasteiger charge is -2.14. The SMILES string of the molecule is CCS(=O)(=O)CCOc1ccc2ccccc2c1CCN. The molecule has 114 valence electrons. The van der Waals surface area contributed by atoms with Gasteiger partial charge < -0.3 is 10.5 Å². The molecule has 0 unspecified atom stereocenters. The second kappa shape index (κ2) is 6.91. The summed E-state index contributed by atoms with van der Waals surface area (Å²) in [5.41, 5.74) is 6.73. The summed E-state index contributed by atoms with van der Waals surface area (Å²) in [6.07, 6.45) is 0.706. The van der Waals surface area contributed by atoms with E-state index in [1.54, 1.807) is 6.92 Å². The van der Waals surface area contributed by atoms with E-state index in [9.17, 15) is 8.42 Å². The van der Waals surface area contributed by atoms with Crippen LogP contribution in [0, 0.1) is 0 Å². The van der Waals surface area contributed by atoms with Crippen LogP contribution in [0.5, 0.6) is 5.75 Å². The van der Waals surface area contributed by atoms with Crippen LogP contribution >= 0.6 is 0 Å². The smallest absolute Gasteiger partial charge is 0.153 e. The van der Waals surface area contributed by atoms with Crippen LogP contribution in [-0.2, 0) is 16.3 Å². The molecule has 0 aliphatic heterocycles. The molecular formula is C16H21NO3S. The van der Waals surface area contributed by atoms with Crippen LogP contribution in [0.4, 0.5) is 0 Å². The Bertz CT molecular complexity index is 711. The van der Waals surface area contributed by atoms with Crippen molar-refractivity contribution in [3.8, 4) is 5.75 Å². The summed E-state index contributed by atoms with van der Waals surface area (Å²) < 4.78 is 28.7. The topological polar surface area (TPSA) is 69.4 Å². The molecular weight excluding hydrogens is 286 g/mol. The van der Waals surface area contributed by atoms with Gasteiger partial charge in [0, 0.05) is 11.3 Å². The minimum absolute atomic E-state index is 0.0401. The van der Waals surface area contributed by atoms with E-state index in [4.69, 9.17) is 10.5 Å². The number of ether oxygens (including phenoxy) is 1. The van der Waals surface area contributed by atoms with Gasteiger partial charge >= 0.3 is 0 Å². The molecule has 0 bridgehead atoms. The number of rotatable bonds is 7. The van der Waals surface area contributed by atoms with Crippen molar-refractivity contribution in [2.75, 3.05) is 24.7 Å². The molecule has 2 rings (SSSR count). The third-order valence-electron chi connectivity index (χ3n) is 3.48. The van der Waals surface area contributed by atoms with E-state index in [0.717, 1.165) is 22.1 Å². The van der Waals surface area contributed by atoms with Gasteiger partial charge in [-0.3, -0.25) is 0 Å². The van der Waals surface area contributed by atoms with E-state index in [1.165, 1.54) is 0 Å². The Kier molecular flexibility index (Phi) is 5.20. The second-order valence-corrected chi connectivity index (χ2v) is 7.36. The Morgan fingerprint density at radius 1 is 1.14 bits per heavy atom. The zero-order valence-electron chi connectivity index (χ0n) is 12.2. The maximum atomic E-state index is 11.5. The van der Waals surface area contributed by atoms with Crippen LogP contribution in [-0.4, -0.2) is 33.1 Å². The largest absolute Gasteiger partial charge is 0.492 e. The van der Waals surface area contributed by atoms with Gasteiger partial charge in [0.2, 0.25) is 0 Å². The lowest BCUT2D eigenvalue weighted by atomic mass is 10.0. The third-order valence-corrected chi connectivity index (χ3v) is 5.15. The van der Waals surface area contributed by atoms with Crippen molar-refractivity contribution in [3.05, 3.63) is 42.0 Å². The molecule has 0 saturated heterocycles. The van der Waals surface area contributed by atoms with Gasteiger partial charge in [-0.1, -0.05) is 37.3 Å². The van der Waals surface area contributed by atoms with Crippen LogP contribution in [0.1, 0.15) is 12.5 Å². The molecule has 5 heteroatoms. The predicted octanol–water partition coefficient (Wildman–Crippen LogP) is 2.15. The highest BCUT2D eigenvalue weighted by atomic mass is 32.2. The van der Waals surface area contributed by atoms with E-state index >= 15 is 0 Å². The van der Waals surface area contributed by atoms with Crippen molar-refractivity contribution >= 4 is 20.6 Å². The van der Waals surface area contributed by atoms with Crippen molar-refractivity contribution in [2.24, 2.45) is 5.73 Å². The normalized spacial score (nSPS) is 11.7. The fraction of sp³-hybridized carbons (Fsp3) is 0.375. The standard InChI is InChI=1S/C16H21NO3S/c1-2-21(18,19)12-11-20-16-8-7-13-5-3-4-6-14(13)15(16)9-10-17/h3-8H,2,9-12,17H2,1H3. The minimum atomic E-state index is -3.01. The van der Waals surface area contributed by atoms with E-state index in [-0.39, 0.29) is 18.1 Å². The van der Waals surface area contributed by atoms with Crippen molar-refractivity contribution in [1.29, 1.82) is 0 Å². The van der Waals surface area contributed by atoms with E-state index in [0.29, 0.717) is 13.0 Å². The summed E-state index contributed by atoms with van der Waals surface area (Å²) in [6, 6.07) is 11.9. The Labute approximate surface area is 125 Å². The van der Waals surface area contributed by atoms with Crippen molar-refractivity contribution in [1.82, 2.24) is 0 Å². The lowest BCUT2D eigenvalue weighted by molar-refractivity contribution is 0.338. The molecule has 0 aliphatic carbocycles. The number of sulfone groups is 1. The number of hydrogen-bond donors (Lipinski definition) is 1. The van der Waals surface area contributed by atoms with E-state index < -0.39 is 9.84 Å². The first-order chi connectivity index (χ1) is 10.1. The number of fused-ring (bicyclic) bond motifs is 1. The van der Waals surface area contributed by atoms with Crippen LogP contribution in [0.3, 0.4) is 0 Å². The summed E-state index contributed by atoms with van der Waals surface area (Å²) in [5.74, 6) is 0.910. The van der Waals surface area contributed by atoms with Gasteiger partial charge in [0.05, 0.1) is 5.75 Å². The van der Waals surface area contributed by atoms with Gasteiger partial charge in [-0.05, 0) is 29.8 Å². The highest BCUT2D eigenvalue weighted by molar-refractivity contribution is 7.91. The third kappa shape index (κ3) is 3.95. The molecule has 0 heterocycles. The Morgan fingerprint density at radius 3 is 2.62 bits per heavy atom. The van der Waals surface area contributed by atoms with Gasteiger partial charge in [0.25, 0.3) is 0 Å². The summed E-state index contributed by atoms with van der Waals surface area (Å²) in [7, 11) is -3.01. The Hall–Kier alpha value is -1.59. The average molecular weight is 307 g/mol. The number of benzene rings is 2. The van der Waals surface area contributed by atoms with Gasteiger partial charge in [-0.25, -0.2) is 8.42 Å². The molecule has 2 aromatic rings. The van der Waals surface area contributed by atoms with E-state index in [1.807, 2.05) is 36.4 Å². The molecule has 0 atom stereocenters. The predicted molar refractivity (Wildman–Crippen MR) is 86.5 cm³/mol. The maximum Gasteiger partial charge on any atom is 0.153 e. The first-order valence-electron chi connectivity index (χ1n) is 7.11. The van der Waals surface area contributed by atoms with Crippen molar-refractivity contribution < 1.29 is 13.2 Å². The summed E-state index contributed by atoms with van der Waals surface area (Å²) >= 11 is 0. The molecule has 0 radical (unpaired) electrons. The van der Waals surface area contributed by atoms with Crippen LogP contribution in [0.15, 0.2) is 36.4 Å². The quantitative estimate of drug-likeness (QED) is 0.851. The summed E-state index contributed by atoms with van der Waals surface area (Å²) in [6.45, 7) is 2.34. The lowest BCUT2D eigenvalue weighted by Crippen LogP contribution is -2.16. The first kappa shape index (κ1) is 15.8. The fourth-order valence-electron chi connectivity index (χ4n) is 2.28. The molecule has 21 heavy (non-hydrogen) atoms. The fourth-order valence-corrected chi connectivity index (χ4v) is 2.90. The van der Waals surface area contributed by atoms with Gasteiger partial charge in [0.1, 0.15) is 12.4 Å². The molecule has 0 aromatic heterocycles. The van der Waals surface area contributed by atoms with Crippen LogP contribution in [0.25, 0.3) is 10.8 Å². The van der Waals surface area contributed by atoms with Gasteiger partial charge in [-0.2, -0.15) is 0 Å². The molecule has 0 fully saturated rings. The van der Waals surface area contributed by atoms with Crippen LogP contribution < -0.4 is 10.5 Å². The van der Waals surface area contributed by atoms with E-state index in [2.05, 4.69) is 0 Å². The van der Waals surface area contributed by atoms with Gasteiger partial charge in [0.15, 0.2) is 9.84 Å². The molecule has 0 saturated carbocycles. The second-order valence-electron chi connectivity index (χ2n) is 4.89. The van der Waals surface area contributed by atoms with Crippen molar-refractivity contribution in [2.45, 2.75) is 13.3 Å². The Morgan fingerprint density at radius 2 is 1.90 bits per heavy atom. The molecule has 2 aromatic carbocycles. The zero-order valence-corrected chi connectivity index (χ0v) is 13.0. The number of hydrogen-bond acceptors (Lipinski definition) is 4. The monoisotopic (exact) mass is 307 g/mol. The summed E-state index contributed by atoms with van der Waals surface area (Å²) in [5, 5.41) is 2.24. The molecule has 0 aliphatic rings. The Balaban J connectivity index is 2.24. The van der Waals surface area contributed by atoms with Crippen molar-refractivity contribution in [3.63, 3.8) is 0 Å². The zero-order chi connectivity index (χ0) is 15.3.